The molecule has 0 unspecified atom stereocenters. The molecule has 2 amide bonds. The third-order valence-electron chi connectivity index (χ3n) is 3.91. The number of hydrogen-bond acceptors (Lipinski definition) is 5. The smallest absolute Gasteiger partial charge is 0.338 e. The predicted molar refractivity (Wildman–Crippen MR) is 99.2 cm³/mol. The van der Waals surface area contributed by atoms with Crippen LogP contribution in [0.5, 0.6) is 0 Å². The summed E-state index contributed by atoms with van der Waals surface area (Å²) in [5.41, 5.74) is 1.34. The first-order chi connectivity index (χ1) is 12.9. The molecule has 27 heavy (non-hydrogen) atoms. The summed E-state index contributed by atoms with van der Waals surface area (Å²) in [5.74, 6) is -2.41. The zero-order valence-electron chi connectivity index (χ0n) is 14.3. The van der Waals surface area contributed by atoms with Gasteiger partial charge >= 0.3 is 5.97 Å². The Morgan fingerprint density at radius 2 is 1.81 bits per heavy atom. The molecule has 3 rings (SSSR count). The molecule has 0 saturated carbocycles. The van der Waals surface area contributed by atoms with Crippen LogP contribution >= 0.6 is 11.6 Å². The lowest BCUT2D eigenvalue weighted by Gasteiger charge is -2.16. The molecule has 1 aliphatic rings. The van der Waals surface area contributed by atoms with Gasteiger partial charge in [0.15, 0.2) is 0 Å². The summed E-state index contributed by atoms with van der Waals surface area (Å²) in [4.78, 5) is 49.2. The first kappa shape index (κ1) is 18.6. The van der Waals surface area contributed by atoms with Gasteiger partial charge in [-0.15, -0.1) is 0 Å². The van der Waals surface area contributed by atoms with Gasteiger partial charge in [0, 0.05) is 10.7 Å². The summed E-state index contributed by atoms with van der Waals surface area (Å²) in [7, 11) is 0. The van der Waals surface area contributed by atoms with E-state index in [9.17, 15) is 19.2 Å². The van der Waals surface area contributed by atoms with E-state index in [2.05, 4.69) is 5.32 Å². The zero-order chi connectivity index (χ0) is 19.6. The van der Waals surface area contributed by atoms with Crippen LogP contribution in [0.15, 0.2) is 42.5 Å². The average molecular weight is 387 g/mol. The third kappa shape index (κ3) is 3.83. The van der Waals surface area contributed by atoms with E-state index in [4.69, 9.17) is 16.3 Å². The minimum absolute atomic E-state index is 0.180. The fourth-order valence-corrected chi connectivity index (χ4v) is 2.85. The van der Waals surface area contributed by atoms with Gasteiger partial charge in [-0.05, 0) is 49.4 Å². The number of anilines is 2. The van der Waals surface area contributed by atoms with Crippen molar-refractivity contribution in [3.05, 3.63) is 58.6 Å². The maximum Gasteiger partial charge on any atom is 0.338 e. The molecule has 0 saturated heterocycles. The number of nitrogens with one attached hydrogen (secondary N) is 1. The van der Waals surface area contributed by atoms with E-state index in [0.29, 0.717) is 22.0 Å². The van der Waals surface area contributed by atoms with E-state index in [1.54, 1.807) is 25.1 Å². The summed E-state index contributed by atoms with van der Waals surface area (Å²) < 4.78 is 4.89. The molecular formula is C19H15ClN2O5. The summed E-state index contributed by atoms with van der Waals surface area (Å²) >= 11 is 5.86. The number of halogens is 1. The third-order valence-corrected chi connectivity index (χ3v) is 4.15. The molecule has 0 spiro atoms. The van der Waals surface area contributed by atoms with Crippen molar-refractivity contribution in [1.82, 2.24) is 0 Å². The number of ether oxygens (including phenoxy) is 1. The van der Waals surface area contributed by atoms with Crippen LogP contribution in [0.2, 0.25) is 5.02 Å². The summed E-state index contributed by atoms with van der Waals surface area (Å²) in [6.07, 6.45) is 0. The van der Waals surface area contributed by atoms with Crippen LogP contribution in [0, 0.1) is 0 Å². The second-order valence-electron chi connectivity index (χ2n) is 5.73. The first-order valence-electron chi connectivity index (χ1n) is 8.13. The Labute approximate surface area is 159 Å². The van der Waals surface area contributed by atoms with Crippen molar-refractivity contribution in [3.63, 3.8) is 0 Å². The molecule has 1 heterocycles. The Hall–Kier alpha value is -3.19. The number of ketones is 1. The van der Waals surface area contributed by atoms with Crippen LogP contribution in [-0.4, -0.2) is 36.7 Å². The molecule has 138 valence electrons. The van der Waals surface area contributed by atoms with Crippen molar-refractivity contribution in [2.24, 2.45) is 0 Å². The van der Waals surface area contributed by atoms with Crippen molar-refractivity contribution in [2.45, 2.75) is 6.92 Å². The average Bonchev–Trinajstić information content (AvgIpc) is 2.87. The van der Waals surface area contributed by atoms with Gasteiger partial charge in [0.05, 0.1) is 23.4 Å². The fourth-order valence-electron chi connectivity index (χ4n) is 2.68. The van der Waals surface area contributed by atoms with Gasteiger partial charge in [-0.25, -0.2) is 4.79 Å². The van der Waals surface area contributed by atoms with Crippen LogP contribution < -0.4 is 10.2 Å². The van der Waals surface area contributed by atoms with E-state index < -0.39 is 23.6 Å². The van der Waals surface area contributed by atoms with Gasteiger partial charge in [0.2, 0.25) is 5.91 Å². The molecule has 1 N–H and O–H groups in total. The van der Waals surface area contributed by atoms with Gasteiger partial charge in [-0.3, -0.25) is 19.3 Å². The molecule has 0 aliphatic carbocycles. The van der Waals surface area contributed by atoms with E-state index in [1.807, 2.05) is 0 Å². The number of benzene rings is 2. The summed E-state index contributed by atoms with van der Waals surface area (Å²) in [5, 5.41) is 2.96. The van der Waals surface area contributed by atoms with Gasteiger partial charge in [0.1, 0.15) is 6.54 Å². The Kier molecular flexibility index (Phi) is 5.23. The minimum Gasteiger partial charge on any atom is -0.462 e. The van der Waals surface area contributed by atoms with Crippen molar-refractivity contribution in [3.8, 4) is 0 Å². The predicted octanol–water partition coefficient (Wildman–Crippen LogP) is 2.68. The van der Waals surface area contributed by atoms with Gasteiger partial charge < -0.3 is 10.1 Å². The molecule has 2 aromatic carbocycles. The van der Waals surface area contributed by atoms with Crippen molar-refractivity contribution < 1.29 is 23.9 Å². The van der Waals surface area contributed by atoms with Gasteiger partial charge in [-0.2, -0.15) is 0 Å². The fraction of sp³-hybridized carbons (Fsp3) is 0.158. The standard InChI is InChI=1S/C19H15ClN2O5/c1-2-27-19(26)11-3-6-13(7-4-11)21-16(23)10-22-15-8-5-12(20)9-14(15)17(24)18(22)25/h3-9H,2,10H2,1H3,(H,21,23). The lowest BCUT2D eigenvalue weighted by atomic mass is 10.1. The summed E-state index contributed by atoms with van der Waals surface area (Å²) in [6, 6.07) is 10.6. The van der Waals surface area contributed by atoms with Gasteiger partial charge in [-0.1, -0.05) is 11.6 Å². The van der Waals surface area contributed by atoms with E-state index in [-0.39, 0.29) is 18.7 Å². The molecule has 7 nitrogen and oxygen atoms in total. The zero-order valence-corrected chi connectivity index (χ0v) is 15.1. The number of amides is 2. The summed E-state index contributed by atoms with van der Waals surface area (Å²) in [6.45, 7) is 1.66. The number of hydrogen-bond donors (Lipinski definition) is 1. The van der Waals surface area contributed by atoms with Crippen molar-refractivity contribution in [1.29, 1.82) is 0 Å². The normalized spacial score (nSPS) is 12.7. The topological polar surface area (TPSA) is 92.8 Å². The van der Waals surface area contributed by atoms with Gasteiger partial charge in [0.25, 0.3) is 11.7 Å². The molecule has 0 fully saturated rings. The number of carbonyl (C=O) groups excluding carboxylic acids is 4. The quantitative estimate of drug-likeness (QED) is 0.630. The maximum absolute atomic E-state index is 12.3. The highest BCUT2D eigenvalue weighted by atomic mass is 35.5. The Bertz CT molecular complexity index is 940. The van der Waals surface area contributed by atoms with E-state index in [1.165, 1.54) is 24.3 Å². The van der Waals surface area contributed by atoms with Crippen molar-refractivity contribution in [2.75, 3.05) is 23.4 Å². The first-order valence-corrected chi connectivity index (χ1v) is 8.51. The minimum atomic E-state index is -0.778. The number of fused-ring (bicyclic) bond motifs is 1. The molecule has 0 atom stereocenters. The van der Waals surface area contributed by atoms with E-state index in [0.717, 1.165) is 4.90 Å². The second-order valence-corrected chi connectivity index (χ2v) is 6.16. The molecular weight excluding hydrogens is 372 g/mol. The Morgan fingerprint density at radius 1 is 1.11 bits per heavy atom. The van der Waals surface area contributed by atoms with E-state index >= 15 is 0 Å². The van der Waals surface area contributed by atoms with Crippen LogP contribution in [0.4, 0.5) is 11.4 Å². The Balaban J connectivity index is 1.69. The molecule has 8 heteroatoms. The number of rotatable bonds is 5. The van der Waals surface area contributed by atoms with Crippen LogP contribution in [0.25, 0.3) is 0 Å². The number of Topliss-reactive ketones (excluding diaryl/α,β-unsaturated/α-hetero) is 1. The highest BCUT2D eigenvalue weighted by Crippen LogP contribution is 2.31. The number of nitrogens with zero attached hydrogens (tertiary/aromatic N) is 1. The lowest BCUT2D eigenvalue weighted by molar-refractivity contribution is -0.118. The lowest BCUT2D eigenvalue weighted by Crippen LogP contribution is -2.37. The Morgan fingerprint density at radius 3 is 2.48 bits per heavy atom. The molecule has 1 aliphatic heterocycles. The van der Waals surface area contributed by atoms with Crippen LogP contribution in [0.1, 0.15) is 27.6 Å². The SMILES string of the molecule is CCOC(=O)c1ccc(NC(=O)CN2C(=O)C(=O)c3cc(Cl)ccc32)cc1. The molecule has 0 radical (unpaired) electrons. The maximum atomic E-state index is 12.3. The highest BCUT2D eigenvalue weighted by molar-refractivity contribution is 6.53. The van der Waals surface area contributed by atoms with Crippen LogP contribution in [-0.2, 0) is 14.3 Å². The molecule has 2 aromatic rings. The van der Waals surface area contributed by atoms with Crippen molar-refractivity contribution >= 4 is 46.5 Å². The molecule has 0 aromatic heterocycles. The largest absolute Gasteiger partial charge is 0.462 e. The molecule has 0 bridgehead atoms. The number of carbonyl (C=O) groups is 4. The second kappa shape index (κ2) is 7.59. The number of esters is 1. The van der Waals surface area contributed by atoms with Crippen LogP contribution in [0.3, 0.4) is 0 Å². The highest BCUT2D eigenvalue weighted by Gasteiger charge is 2.36. The monoisotopic (exact) mass is 386 g/mol.